The number of nitrogen functional groups attached to an aromatic ring is 1. The van der Waals surface area contributed by atoms with Crippen LogP contribution in [0.1, 0.15) is 67.9 Å². The van der Waals surface area contributed by atoms with E-state index in [4.69, 9.17) is 10.5 Å². The number of ketones is 1. The summed E-state index contributed by atoms with van der Waals surface area (Å²) in [5.74, 6) is -0.609. The molecule has 0 radical (unpaired) electrons. The van der Waals surface area contributed by atoms with Gasteiger partial charge in [0.2, 0.25) is 11.8 Å². The predicted octanol–water partition coefficient (Wildman–Crippen LogP) is 5.50. The minimum Gasteiger partial charge on any atom is -0.444 e. The number of benzene rings is 3. The van der Waals surface area contributed by atoms with Gasteiger partial charge in [0, 0.05) is 41.4 Å². The first-order chi connectivity index (χ1) is 21.0. The molecule has 1 atom stereocenters. The fraction of sp³-hybridized carbons (Fsp3) is 0.371. The van der Waals surface area contributed by atoms with Crippen LogP contribution in [0.4, 0.5) is 16.2 Å². The van der Waals surface area contributed by atoms with Gasteiger partial charge in [-0.1, -0.05) is 42.5 Å². The van der Waals surface area contributed by atoms with Gasteiger partial charge in [0.05, 0.1) is 0 Å². The van der Waals surface area contributed by atoms with E-state index in [0.29, 0.717) is 41.9 Å². The van der Waals surface area contributed by atoms with Crippen LogP contribution in [-0.2, 0) is 20.7 Å². The molecule has 9 heteroatoms. The van der Waals surface area contributed by atoms with Crippen LogP contribution in [0.5, 0.6) is 0 Å². The quantitative estimate of drug-likeness (QED) is 0.180. The Morgan fingerprint density at radius 1 is 0.864 bits per heavy atom. The molecule has 0 aromatic heterocycles. The normalized spacial score (nSPS) is 17.2. The number of carbonyl (C=O) groups is 4. The second-order valence-electron chi connectivity index (χ2n) is 12.4. The van der Waals surface area contributed by atoms with Crippen molar-refractivity contribution in [3.63, 3.8) is 0 Å². The zero-order chi connectivity index (χ0) is 31.7. The lowest BCUT2D eigenvalue weighted by Gasteiger charge is -2.29. The Labute approximate surface area is 258 Å². The third-order valence-electron chi connectivity index (χ3n) is 7.63. The lowest BCUT2D eigenvalue weighted by atomic mass is 9.81. The van der Waals surface area contributed by atoms with Crippen molar-refractivity contribution in [2.45, 2.75) is 64.5 Å². The summed E-state index contributed by atoms with van der Waals surface area (Å²) >= 11 is 0. The van der Waals surface area contributed by atoms with E-state index in [1.807, 2.05) is 51.1 Å². The number of nitrogens with two attached hydrogens (primary N) is 1. The minimum atomic E-state index is -0.832. The van der Waals surface area contributed by atoms with Gasteiger partial charge in [0.25, 0.3) is 0 Å². The van der Waals surface area contributed by atoms with Gasteiger partial charge in [-0.15, -0.1) is 0 Å². The van der Waals surface area contributed by atoms with Gasteiger partial charge in [-0.05, 0) is 94.3 Å². The van der Waals surface area contributed by atoms with Crippen LogP contribution in [0.25, 0.3) is 0 Å². The summed E-state index contributed by atoms with van der Waals surface area (Å²) in [6, 6.07) is 22.1. The molecule has 3 amide bonds. The first-order valence-corrected chi connectivity index (χ1v) is 15.1. The van der Waals surface area contributed by atoms with E-state index >= 15 is 0 Å². The molecule has 5 N–H and O–H groups in total. The molecule has 3 aromatic carbocycles. The maximum atomic E-state index is 13.5. The standard InChI is InChI=1S/C35H42N4O5/c1-35(2,3)44-34(43)37-22-23-12-14-27(15-13-23)32(41)39-30(21-24-8-7-11-28(36)20-24)33(42)38-29-18-16-26(17-19-29)31(40)25-9-5-4-6-10-25/h4-11,16-20,23,27,30H,12-15,21-22,36H2,1-3H3,(H,37,43)(H,38,42)(H,39,41). The monoisotopic (exact) mass is 598 g/mol. The third-order valence-corrected chi connectivity index (χ3v) is 7.63. The maximum Gasteiger partial charge on any atom is 0.407 e. The molecule has 0 bridgehead atoms. The maximum absolute atomic E-state index is 13.5. The van der Waals surface area contributed by atoms with Crippen molar-refractivity contribution in [1.82, 2.24) is 10.6 Å². The summed E-state index contributed by atoms with van der Waals surface area (Å²) in [5, 5.41) is 8.70. The molecule has 0 saturated heterocycles. The highest BCUT2D eigenvalue weighted by Gasteiger charge is 2.30. The zero-order valence-electron chi connectivity index (χ0n) is 25.6. The smallest absolute Gasteiger partial charge is 0.407 e. The van der Waals surface area contributed by atoms with Crippen LogP contribution in [0.2, 0.25) is 0 Å². The fourth-order valence-electron chi connectivity index (χ4n) is 5.32. The van der Waals surface area contributed by atoms with Crippen molar-refractivity contribution in [3.8, 4) is 0 Å². The zero-order valence-corrected chi connectivity index (χ0v) is 25.6. The highest BCUT2D eigenvalue weighted by molar-refractivity contribution is 6.09. The Kier molecular flexibility index (Phi) is 10.8. The molecule has 4 rings (SSSR count). The number of carbonyl (C=O) groups excluding carboxylic acids is 4. The van der Waals surface area contributed by atoms with Gasteiger partial charge >= 0.3 is 6.09 Å². The van der Waals surface area contributed by atoms with Gasteiger partial charge in [-0.25, -0.2) is 4.79 Å². The van der Waals surface area contributed by atoms with E-state index in [1.165, 1.54) is 0 Å². The Hall–Kier alpha value is -4.66. The van der Waals surface area contributed by atoms with Crippen molar-refractivity contribution >= 4 is 35.1 Å². The molecule has 9 nitrogen and oxygen atoms in total. The number of ether oxygens (including phenoxy) is 1. The average molecular weight is 599 g/mol. The number of hydrogen-bond acceptors (Lipinski definition) is 6. The van der Waals surface area contributed by atoms with Gasteiger partial charge in [0.15, 0.2) is 5.78 Å². The topological polar surface area (TPSA) is 140 Å². The SMILES string of the molecule is CC(C)(C)OC(=O)NCC1CCC(C(=O)NC(Cc2cccc(N)c2)C(=O)Nc2ccc(C(=O)c3ccccc3)cc2)CC1. The first kappa shape index (κ1) is 32.3. The van der Waals surface area contributed by atoms with Gasteiger partial charge in [-0.2, -0.15) is 0 Å². The summed E-state index contributed by atoms with van der Waals surface area (Å²) in [6.45, 7) is 5.96. The Bertz CT molecular complexity index is 1440. The first-order valence-electron chi connectivity index (χ1n) is 15.1. The second-order valence-corrected chi connectivity index (χ2v) is 12.4. The molecule has 3 aromatic rings. The van der Waals surface area contributed by atoms with Crippen molar-refractivity contribution in [2.75, 3.05) is 17.6 Å². The van der Waals surface area contributed by atoms with E-state index < -0.39 is 17.7 Å². The predicted molar refractivity (Wildman–Crippen MR) is 171 cm³/mol. The molecule has 44 heavy (non-hydrogen) atoms. The molecule has 1 unspecified atom stereocenters. The molecule has 0 heterocycles. The molecular weight excluding hydrogens is 556 g/mol. The van der Waals surface area contributed by atoms with E-state index in [-0.39, 0.29) is 35.9 Å². The lowest BCUT2D eigenvalue weighted by Crippen LogP contribution is -2.48. The van der Waals surface area contributed by atoms with Crippen molar-refractivity contribution < 1.29 is 23.9 Å². The second kappa shape index (κ2) is 14.7. The molecule has 232 valence electrons. The van der Waals surface area contributed by atoms with Crippen LogP contribution >= 0.6 is 0 Å². The fourth-order valence-corrected chi connectivity index (χ4v) is 5.32. The van der Waals surface area contributed by atoms with Gasteiger partial charge in [0.1, 0.15) is 11.6 Å². The van der Waals surface area contributed by atoms with Crippen LogP contribution in [-0.4, -0.2) is 41.9 Å². The number of amides is 3. The molecule has 1 aliphatic carbocycles. The summed E-state index contributed by atoms with van der Waals surface area (Å²) in [6.07, 6.45) is 2.72. The minimum absolute atomic E-state index is 0.106. The van der Waals surface area contributed by atoms with Crippen LogP contribution in [0.15, 0.2) is 78.9 Å². The molecular formula is C35H42N4O5. The Balaban J connectivity index is 1.36. The summed E-state index contributed by atoms with van der Waals surface area (Å²) in [5.41, 5.74) is 8.43. The summed E-state index contributed by atoms with van der Waals surface area (Å²) < 4.78 is 5.31. The number of hydrogen-bond donors (Lipinski definition) is 4. The number of rotatable bonds is 10. The van der Waals surface area contributed by atoms with Crippen molar-refractivity contribution in [1.29, 1.82) is 0 Å². The largest absolute Gasteiger partial charge is 0.444 e. The van der Waals surface area contributed by atoms with E-state index in [2.05, 4.69) is 16.0 Å². The third kappa shape index (κ3) is 9.69. The van der Waals surface area contributed by atoms with Gasteiger partial charge < -0.3 is 26.4 Å². The van der Waals surface area contributed by atoms with Crippen LogP contribution in [0, 0.1) is 11.8 Å². The lowest BCUT2D eigenvalue weighted by molar-refractivity contribution is -0.130. The summed E-state index contributed by atoms with van der Waals surface area (Å²) in [7, 11) is 0. The molecule has 1 saturated carbocycles. The Morgan fingerprint density at radius 2 is 1.52 bits per heavy atom. The van der Waals surface area contributed by atoms with Crippen molar-refractivity contribution in [2.24, 2.45) is 11.8 Å². The number of anilines is 2. The summed E-state index contributed by atoms with van der Waals surface area (Å²) in [4.78, 5) is 51.6. The van der Waals surface area contributed by atoms with Crippen LogP contribution in [0.3, 0.4) is 0 Å². The molecule has 1 fully saturated rings. The number of nitrogens with one attached hydrogen (secondary N) is 3. The molecule has 0 spiro atoms. The Morgan fingerprint density at radius 3 is 2.16 bits per heavy atom. The highest BCUT2D eigenvalue weighted by atomic mass is 16.6. The highest BCUT2D eigenvalue weighted by Crippen LogP contribution is 2.29. The average Bonchev–Trinajstić information content (AvgIpc) is 2.99. The van der Waals surface area contributed by atoms with Crippen LogP contribution < -0.4 is 21.7 Å². The molecule has 0 aliphatic heterocycles. The van der Waals surface area contributed by atoms with Crippen molar-refractivity contribution in [3.05, 3.63) is 95.6 Å². The van der Waals surface area contributed by atoms with Gasteiger partial charge in [-0.3, -0.25) is 14.4 Å². The number of alkyl carbamates (subject to hydrolysis) is 1. The molecule has 1 aliphatic rings. The van der Waals surface area contributed by atoms with E-state index in [9.17, 15) is 19.2 Å². The van der Waals surface area contributed by atoms with E-state index in [1.54, 1.807) is 48.5 Å². The van der Waals surface area contributed by atoms with E-state index in [0.717, 1.165) is 18.4 Å².